The van der Waals surface area contributed by atoms with Crippen molar-refractivity contribution in [3.8, 4) is 12.3 Å². The first-order chi connectivity index (χ1) is 7.43. The summed E-state index contributed by atoms with van der Waals surface area (Å²) in [6.45, 7) is 1.50. The second kappa shape index (κ2) is 6.32. The smallest absolute Gasteiger partial charge is 0.317 e. The zero-order valence-corrected chi connectivity index (χ0v) is 8.57. The van der Waals surface area contributed by atoms with Crippen molar-refractivity contribution in [1.82, 2.24) is 0 Å². The van der Waals surface area contributed by atoms with Gasteiger partial charge in [-0.05, 0) is 12.0 Å². The highest BCUT2D eigenvalue weighted by molar-refractivity contribution is 5.92. The van der Waals surface area contributed by atoms with E-state index >= 15 is 0 Å². The molecule has 0 spiro atoms. The molecule has 2 atom stereocenters. The van der Waals surface area contributed by atoms with Gasteiger partial charge in [-0.15, -0.1) is 12.3 Å². The fraction of sp³-hybridized carbons (Fsp3) is 0.556. The molecule has 0 amide bonds. The Kier molecular flexibility index (Phi) is 5.46. The van der Waals surface area contributed by atoms with E-state index in [9.17, 15) is 9.59 Å². The van der Waals surface area contributed by atoms with E-state index in [-0.39, 0.29) is 6.42 Å². The Bertz CT molecular complexity index is 353. The summed E-state index contributed by atoms with van der Waals surface area (Å²) in [6, 6.07) is -0.642. The quantitative estimate of drug-likeness (QED) is 0.231. The number of carboxylic acids is 2. The zero-order valence-electron chi connectivity index (χ0n) is 8.57. The normalized spacial score (nSPS) is 13.3. The SMILES string of the molecule is C#CC(CC(C(=O)O)C(=O)O)C(C)N=[N+]=[N-]. The molecule has 0 saturated carbocycles. The van der Waals surface area contributed by atoms with E-state index in [2.05, 4.69) is 15.9 Å². The molecule has 0 aromatic carbocycles. The summed E-state index contributed by atoms with van der Waals surface area (Å²) < 4.78 is 0. The van der Waals surface area contributed by atoms with Gasteiger partial charge in [0.05, 0.1) is 0 Å². The second-order valence-corrected chi connectivity index (χ2v) is 3.18. The van der Waals surface area contributed by atoms with Gasteiger partial charge in [0.15, 0.2) is 5.92 Å². The third kappa shape index (κ3) is 3.90. The number of azide groups is 1. The lowest BCUT2D eigenvalue weighted by Crippen LogP contribution is -2.28. The largest absolute Gasteiger partial charge is 0.481 e. The van der Waals surface area contributed by atoms with Crippen molar-refractivity contribution >= 4 is 11.9 Å². The van der Waals surface area contributed by atoms with Crippen LogP contribution >= 0.6 is 0 Å². The van der Waals surface area contributed by atoms with Crippen molar-refractivity contribution in [2.24, 2.45) is 17.0 Å². The maximum Gasteiger partial charge on any atom is 0.317 e. The van der Waals surface area contributed by atoms with E-state index in [1.165, 1.54) is 6.92 Å². The van der Waals surface area contributed by atoms with E-state index in [1.54, 1.807) is 0 Å². The molecule has 7 heteroatoms. The van der Waals surface area contributed by atoms with Gasteiger partial charge in [-0.2, -0.15) is 0 Å². The van der Waals surface area contributed by atoms with Crippen molar-refractivity contribution < 1.29 is 19.8 Å². The van der Waals surface area contributed by atoms with Crippen molar-refractivity contribution in [2.75, 3.05) is 0 Å². The summed E-state index contributed by atoms with van der Waals surface area (Å²) in [5.74, 6) is -2.98. The molecule has 2 unspecified atom stereocenters. The van der Waals surface area contributed by atoms with Gasteiger partial charge in [0.25, 0.3) is 0 Å². The van der Waals surface area contributed by atoms with Crippen LogP contribution in [0.1, 0.15) is 13.3 Å². The van der Waals surface area contributed by atoms with Crippen LogP contribution < -0.4 is 0 Å². The molecule has 16 heavy (non-hydrogen) atoms. The number of rotatable bonds is 6. The maximum atomic E-state index is 10.6. The fourth-order valence-corrected chi connectivity index (χ4v) is 1.13. The molecule has 0 fully saturated rings. The summed E-state index contributed by atoms with van der Waals surface area (Å²) in [4.78, 5) is 23.8. The molecule has 0 aliphatic rings. The summed E-state index contributed by atoms with van der Waals surface area (Å²) in [6.07, 6.45) is 4.87. The van der Waals surface area contributed by atoms with Crippen LogP contribution in [0.3, 0.4) is 0 Å². The van der Waals surface area contributed by atoms with Crippen molar-refractivity contribution in [1.29, 1.82) is 0 Å². The molecule has 86 valence electrons. The van der Waals surface area contributed by atoms with Gasteiger partial charge in [-0.25, -0.2) is 0 Å². The Morgan fingerprint density at radius 3 is 2.31 bits per heavy atom. The van der Waals surface area contributed by atoms with Crippen molar-refractivity contribution in [3.05, 3.63) is 10.4 Å². The van der Waals surface area contributed by atoms with Crippen LogP contribution in [-0.2, 0) is 9.59 Å². The van der Waals surface area contributed by atoms with Crippen LogP contribution in [0.2, 0.25) is 0 Å². The van der Waals surface area contributed by atoms with E-state index in [4.69, 9.17) is 22.2 Å². The lowest BCUT2D eigenvalue weighted by atomic mass is 9.90. The monoisotopic (exact) mass is 225 g/mol. The minimum atomic E-state index is -1.59. The highest BCUT2D eigenvalue weighted by Gasteiger charge is 2.30. The molecule has 0 radical (unpaired) electrons. The highest BCUT2D eigenvalue weighted by atomic mass is 16.4. The first-order valence-electron chi connectivity index (χ1n) is 4.40. The molecule has 2 N–H and O–H groups in total. The lowest BCUT2D eigenvalue weighted by molar-refractivity contribution is -0.155. The molecule has 0 aliphatic heterocycles. The average molecular weight is 225 g/mol. The number of terminal acetylenes is 1. The van der Waals surface area contributed by atoms with E-state index < -0.39 is 29.8 Å². The number of nitrogens with zero attached hydrogens (tertiary/aromatic N) is 3. The van der Waals surface area contributed by atoms with Gasteiger partial charge >= 0.3 is 11.9 Å². The molecule has 7 nitrogen and oxygen atoms in total. The molecular formula is C9H11N3O4. The molecule has 0 aromatic heterocycles. The van der Waals surface area contributed by atoms with Crippen LogP contribution in [0.15, 0.2) is 5.11 Å². The number of aliphatic carboxylic acids is 2. The molecule has 0 heterocycles. The van der Waals surface area contributed by atoms with Crippen LogP contribution in [0, 0.1) is 24.2 Å². The van der Waals surface area contributed by atoms with Crippen molar-refractivity contribution in [2.45, 2.75) is 19.4 Å². The molecule has 0 aromatic rings. The predicted octanol–water partition coefficient (Wildman–Crippen LogP) is 1.11. The third-order valence-corrected chi connectivity index (χ3v) is 2.12. The van der Waals surface area contributed by atoms with Crippen molar-refractivity contribution in [3.63, 3.8) is 0 Å². The third-order valence-electron chi connectivity index (χ3n) is 2.12. The first kappa shape index (κ1) is 13.8. The predicted molar refractivity (Wildman–Crippen MR) is 54.3 cm³/mol. The Morgan fingerprint density at radius 1 is 1.50 bits per heavy atom. The van der Waals surface area contributed by atoms with E-state index in [1.807, 2.05) is 0 Å². The van der Waals surface area contributed by atoms with Crippen LogP contribution in [-0.4, -0.2) is 28.2 Å². The fourth-order valence-electron chi connectivity index (χ4n) is 1.13. The van der Waals surface area contributed by atoms with Crippen LogP contribution in [0.25, 0.3) is 10.4 Å². The zero-order chi connectivity index (χ0) is 12.7. The number of hydrogen-bond acceptors (Lipinski definition) is 3. The molecule has 0 bridgehead atoms. The minimum Gasteiger partial charge on any atom is -0.481 e. The van der Waals surface area contributed by atoms with Crippen LogP contribution in [0.5, 0.6) is 0 Å². The molecular weight excluding hydrogens is 214 g/mol. The number of carbonyl (C=O) groups is 2. The Balaban J connectivity index is 4.76. The molecule has 0 aliphatic carbocycles. The lowest BCUT2D eigenvalue weighted by Gasteiger charge is -2.16. The molecule has 0 rings (SSSR count). The topological polar surface area (TPSA) is 123 Å². The Morgan fingerprint density at radius 2 is 2.00 bits per heavy atom. The van der Waals surface area contributed by atoms with Gasteiger partial charge in [-0.3, -0.25) is 9.59 Å². The highest BCUT2D eigenvalue weighted by Crippen LogP contribution is 2.18. The summed E-state index contributed by atoms with van der Waals surface area (Å²) in [7, 11) is 0. The van der Waals surface area contributed by atoms with E-state index in [0.29, 0.717) is 0 Å². The van der Waals surface area contributed by atoms with Gasteiger partial charge in [0.2, 0.25) is 0 Å². The summed E-state index contributed by atoms with van der Waals surface area (Å²) >= 11 is 0. The van der Waals surface area contributed by atoms with Gasteiger partial charge < -0.3 is 10.2 Å². The average Bonchev–Trinajstić information content (AvgIpc) is 2.18. The number of carboxylic acid groups (broad SMARTS) is 2. The first-order valence-corrected chi connectivity index (χ1v) is 4.40. The molecule has 0 saturated heterocycles. The number of hydrogen-bond donors (Lipinski definition) is 2. The summed E-state index contributed by atoms with van der Waals surface area (Å²) in [5.41, 5.74) is 8.19. The van der Waals surface area contributed by atoms with Crippen LogP contribution in [0.4, 0.5) is 0 Å². The van der Waals surface area contributed by atoms with E-state index in [0.717, 1.165) is 0 Å². The van der Waals surface area contributed by atoms with Gasteiger partial charge in [0, 0.05) is 16.9 Å². The Hall–Kier alpha value is -2.19. The van der Waals surface area contributed by atoms with Gasteiger partial charge in [0.1, 0.15) is 0 Å². The van der Waals surface area contributed by atoms with Gasteiger partial charge in [-0.1, -0.05) is 12.0 Å². The standard InChI is InChI=1S/C9H11N3O4/c1-3-6(5(2)11-12-10)4-7(8(13)14)9(15)16/h1,5-7H,4H2,2H3,(H,13,14)(H,15,16). The minimum absolute atomic E-state index is 0.263. The Labute approximate surface area is 91.7 Å². The maximum absolute atomic E-state index is 10.6. The summed E-state index contributed by atoms with van der Waals surface area (Å²) in [5, 5.41) is 20.6. The second-order valence-electron chi connectivity index (χ2n) is 3.18.